The molecule has 17 heavy (non-hydrogen) atoms. The Morgan fingerprint density at radius 2 is 2.12 bits per heavy atom. The number of ether oxygens (including phenoxy) is 1. The molecule has 1 aromatic heterocycles. The Balaban J connectivity index is 2.00. The summed E-state index contributed by atoms with van der Waals surface area (Å²) in [5.74, 6) is -0.769. The smallest absolute Gasteiger partial charge is 0.161 e. The van der Waals surface area contributed by atoms with Gasteiger partial charge in [-0.2, -0.15) is 0 Å². The highest BCUT2D eigenvalue weighted by Crippen LogP contribution is 2.26. The predicted molar refractivity (Wildman–Crippen MR) is 58.8 cm³/mol. The van der Waals surface area contributed by atoms with E-state index in [2.05, 4.69) is 9.97 Å². The number of hydrogen-bond acceptors (Lipinski definition) is 2. The van der Waals surface area contributed by atoms with E-state index in [0.717, 1.165) is 37.4 Å². The molecule has 3 nitrogen and oxygen atoms in total. The highest BCUT2D eigenvalue weighted by Gasteiger charge is 2.20. The third-order valence-electron chi connectivity index (χ3n) is 3.09. The predicted octanol–water partition coefficient (Wildman–Crippen LogP) is 2.74. The van der Waals surface area contributed by atoms with E-state index in [0.29, 0.717) is 17.6 Å². The van der Waals surface area contributed by atoms with Crippen molar-refractivity contribution in [1.29, 1.82) is 0 Å². The van der Waals surface area contributed by atoms with Gasteiger partial charge in [0.1, 0.15) is 5.82 Å². The summed E-state index contributed by atoms with van der Waals surface area (Å²) in [6.45, 7) is 1.39. The van der Waals surface area contributed by atoms with Crippen LogP contribution in [-0.2, 0) is 4.74 Å². The van der Waals surface area contributed by atoms with Crippen molar-refractivity contribution in [2.45, 2.75) is 18.8 Å². The van der Waals surface area contributed by atoms with Gasteiger partial charge in [0.25, 0.3) is 0 Å². The molecule has 90 valence electrons. The fraction of sp³-hybridized carbons (Fsp3) is 0.417. The Bertz CT molecular complexity index is 508. The lowest BCUT2D eigenvalue weighted by Crippen LogP contribution is -2.16. The standard InChI is InChI=1S/C12H12F2N2O/c13-8-4-10-11(5-9(8)14)16-12(15-10)7-2-1-3-17-6-7/h4-5,7H,1-3,6H2,(H,15,16). The van der Waals surface area contributed by atoms with E-state index in [9.17, 15) is 8.78 Å². The molecule has 1 aromatic carbocycles. The molecule has 3 rings (SSSR count). The Morgan fingerprint density at radius 1 is 1.29 bits per heavy atom. The molecule has 1 atom stereocenters. The third-order valence-corrected chi connectivity index (χ3v) is 3.09. The maximum absolute atomic E-state index is 13.1. The monoisotopic (exact) mass is 238 g/mol. The van der Waals surface area contributed by atoms with Crippen molar-refractivity contribution >= 4 is 11.0 Å². The number of halogens is 2. The van der Waals surface area contributed by atoms with Crippen molar-refractivity contribution in [3.63, 3.8) is 0 Å². The van der Waals surface area contributed by atoms with E-state index >= 15 is 0 Å². The number of rotatable bonds is 1. The van der Waals surface area contributed by atoms with Gasteiger partial charge in [0.2, 0.25) is 0 Å². The van der Waals surface area contributed by atoms with Gasteiger partial charge in [-0.3, -0.25) is 0 Å². The molecular formula is C12H12F2N2O. The van der Waals surface area contributed by atoms with Gasteiger partial charge in [-0.15, -0.1) is 0 Å². The number of hydrogen-bond donors (Lipinski definition) is 1. The second-order valence-corrected chi connectivity index (χ2v) is 4.32. The SMILES string of the molecule is Fc1cc2nc(C3CCCOC3)[nH]c2cc1F. The molecule has 2 aromatic rings. The lowest BCUT2D eigenvalue weighted by molar-refractivity contribution is 0.0784. The first-order valence-corrected chi connectivity index (χ1v) is 5.66. The Morgan fingerprint density at radius 3 is 2.88 bits per heavy atom. The summed E-state index contributed by atoms with van der Waals surface area (Å²) in [5.41, 5.74) is 0.994. The van der Waals surface area contributed by atoms with Crippen molar-refractivity contribution in [2.24, 2.45) is 0 Å². The van der Waals surface area contributed by atoms with Crippen molar-refractivity contribution in [3.8, 4) is 0 Å². The lowest BCUT2D eigenvalue weighted by Gasteiger charge is -2.19. The summed E-state index contributed by atoms with van der Waals surface area (Å²) < 4.78 is 31.5. The highest BCUT2D eigenvalue weighted by molar-refractivity contribution is 5.75. The summed E-state index contributed by atoms with van der Waals surface area (Å²) in [6, 6.07) is 2.26. The van der Waals surface area contributed by atoms with Gasteiger partial charge in [0, 0.05) is 24.7 Å². The maximum Gasteiger partial charge on any atom is 0.161 e. The van der Waals surface area contributed by atoms with Crippen LogP contribution in [0.15, 0.2) is 12.1 Å². The van der Waals surface area contributed by atoms with Crippen molar-refractivity contribution in [2.75, 3.05) is 13.2 Å². The van der Waals surface area contributed by atoms with Crippen LogP contribution in [0.4, 0.5) is 8.78 Å². The molecule has 1 unspecified atom stereocenters. The van der Waals surface area contributed by atoms with Gasteiger partial charge in [0.05, 0.1) is 17.6 Å². The van der Waals surface area contributed by atoms with Gasteiger partial charge in [-0.05, 0) is 12.8 Å². The van der Waals surface area contributed by atoms with E-state index in [-0.39, 0.29) is 5.92 Å². The number of nitrogens with one attached hydrogen (secondary N) is 1. The van der Waals surface area contributed by atoms with Crippen LogP contribution < -0.4 is 0 Å². The van der Waals surface area contributed by atoms with E-state index in [4.69, 9.17) is 4.74 Å². The average molecular weight is 238 g/mol. The topological polar surface area (TPSA) is 37.9 Å². The Hall–Kier alpha value is -1.49. The normalized spacial score (nSPS) is 20.9. The first kappa shape index (κ1) is 10.7. The van der Waals surface area contributed by atoms with E-state index in [1.807, 2.05) is 0 Å². The van der Waals surface area contributed by atoms with E-state index in [1.165, 1.54) is 0 Å². The second kappa shape index (κ2) is 4.07. The van der Waals surface area contributed by atoms with Crippen molar-refractivity contribution in [1.82, 2.24) is 9.97 Å². The van der Waals surface area contributed by atoms with Crippen LogP contribution in [-0.4, -0.2) is 23.2 Å². The number of benzene rings is 1. The Kier molecular flexibility index (Phi) is 2.55. The fourth-order valence-electron chi connectivity index (χ4n) is 2.17. The average Bonchev–Trinajstić information content (AvgIpc) is 2.74. The molecule has 0 aliphatic carbocycles. The second-order valence-electron chi connectivity index (χ2n) is 4.32. The van der Waals surface area contributed by atoms with Crippen LogP contribution in [0, 0.1) is 11.6 Å². The first-order valence-electron chi connectivity index (χ1n) is 5.66. The van der Waals surface area contributed by atoms with Gasteiger partial charge in [0.15, 0.2) is 11.6 Å². The third kappa shape index (κ3) is 1.91. The molecule has 5 heteroatoms. The summed E-state index contributed by atoms with van der Waals surface area (Å²) in [4.78, 5) is 7.33. The van der Waals surface area contributed by atoms with Crippen LogP contribution in [0.25, 0.3) is 11.0 Å². The minimum Gasteiger partial charge on any atom is -0.381 e. The van der Waals surface area contributed by atoms with Gasteiger partial charge >= 0.3 is 0 Å². The van der Waals surface area contributed by atoms with Gasteiger partial charge in [-0.25, -0.2) is 13.8 Å². The van der Waals surface area contributed by atoms with E-state index in [1.54, 1.807) is 0 Å². The molecular weight excluding hydrogens is 226 g/mol. The number of H-pyrrole nitrogens is 1. The number of fused-ring (bicyclic) bond motifs is 1. The van der Waals surface area contributed by atoms with Crippen LogP contribution in [0.3, 0.4) is 0 Å². The highest BCUT2D eigenvalue weighted by atomic mass is 19.2. The molecule has 1 saturated heterocycles. The number of aromatic amines is 1. The zero-order chi connectivity index (χ0) is 11.8. The van der Waals surface area contributed by atoms with Crippen LogP contribution in [0.2, 0.25) is 0 Å². The van der Waals surface area contributed by atoms with E-state index < -0.39 is 11.6 Å². The summed E-state index contributed by atoms with van der Waals surface area (Å²) in [6.07, 6.45) is 1.98. The molecule has 1 aliphatic heterocycles. The summed E-state index contributed by atoms with van der Waals surface area (Å²) in [7, 11) is 0. The molecule has 0 radical (unpaired) electrons. The van der Waals surface area contributed by atoms with Crippen molar-refractivity contribution in [3.05, 3.63) is 29.6 Å². The largest absolute Gasteiger partial charge is 0.381 e. The van der Waals surface area contributed by atoms with Crippen LogP contribution in [0.1, 0.15) is 24.6 Å². The van der Waals surface area contributed by atoms with Gasteiger partial charge in [-0.1, -0.05) is 0 Å². The van der Waals surface area contributed by atoms with Crippen molar-refractivity contribution < 1.29 is 13.5 Å². The summed E-state index contributed by atoms with van der Waals surface area (Å²) in [5, 5.41) is 0. The molecule has 0 spiro atoms. The molecule has 0 amide bonds. The van der Waals surface area contributed by atoms with Gasteiger partial charge < -0.3 is 9.72 Å². The molecule has 1 N–H and O–H groups in total. The number of nitrogens with zero attached hydrogens (tertiary/aromatic N) is 1. The number of aromatic nitrogens is 2. The van der Waals surface area contributed by atoms with Crippen LogP contribution >= 0.6 is 0 Å². The zero-order valence-corrected chi connectivity index (χ0v) is 9.17. The van der Waals surface area contributed by atoms with Crippen LogP contribution in [0.5, 0.6) is 0 Å². The fourth-order valence-corrected chi connectivity index (χ4v) is 2.17. The quantitative estimate of drug-likeness (QED) is 0.829. The molecule has 1 fully saturated rings. The molecule has 2 heterocycles. The zero-order valence-electron chi connectivity index (χ0n) is 9.17. The number of imidazole rings is 1. The summed E-state index contributed by atoms with van der Waals surface area (Å²) >= 11 is 0. The minimum atomic E-state index is -0.865. The Labute approximate surface area is 96.8 Å². The molecule has 0 saturated carbocycles. The minimum absolute atomic E-state index is 0.197. The molecule has 1 aliphatic rings. The first-order chi connectivity index (χ1) is 8.24. The lowest BCUT2D eigenvalue weighted by atomic mass is 10.0. The molecule has 0 bridgehead atoms. The maximum atomic E-state index is 13.1.